The number of benzene rings is 2. The largest absolute Gasteiger partial charge is 0.325 e. The van der Waals surface area contributed by atoms with Gasteiger partial charge < -0.3 is 10.6 Å². The zero-order valence-corrected chi connectivity index (χ0v) is 38.7. The molecule has 0 aliphatic carbocycles. The van der Waals surface area contributed by atoms with Gasteiger partial charge in [0.05, 0.1) is 0 Å². The van der Waals surface area contributed by atoms with E-state index < -0.39 is 47.5 Å². The average Bonchev–Trinajstić information content (AvgIpc) is 3.64. The number of hydrogen-bond acceptors (Lipinski definition) is 12. The summed E-state index contributed by atoms with van der Waals surface area (Å²) in [6.07, 6.45) is 1.86. The van der Waals surface area contributed by atoms with Gasteiger partial charge >= 0.3 is 12.1 Å². The molecule has 2 saturated heterocycles. The van der Waals surface area contributed by atoms with Gasteiger partial charge in [-0.15, -0.1) is 0 Å². The quantitative estimate of drug-likeness (QED) is 0.0683. The van der Waals surface area contributed by atoms with Gasteiger partial charge in [0.1, 0.15) is 23.1 Å². The minimum absolute atomic E-state index is 0.0282. The number of imide groups is 4. The number of amides is 10. The first-order valence-electron chi connectivity index (χ1n) is 22.9. The van der Waals surface area contributed by atoms with E-state index in [0.29, 0.717) is 37.1 Å². The lowest BCUT2D eigenvalue weighted by atomic mass is 9.91. The Balaban J connectivity index is 1.33. The lowest BCUT2D eigenvalue weighted by molar-refractivity contribution is -0.140. The highest BCUT2D eigenvalue weighted by Gasteiger charge is 2.36. The molecule has 4 atom stereocenters. The van der Waals surface area contributed by atoms with Gasteiger partial charge in [-0.05, 0) is 81.3 Å². The molecule has 0 bridgehead atoms. The first-order chi connectivity index (χ1) is 31.8. The van der Waals surface area contributed by atoms with Gasteiger partial charge in [-0.3, -0.25) is 68.4 Å². The third kappa shape index (κ3) is 17.5. The van der Waals surface area contributed by atoms with Crippen molar-refractivity contribution >= 4 is 82.0 Å². The summed E-state index contributed by atoms with van der Waals surface area (Å²) in [6.45, 7) is 6.59. The van der Waals surface area contributed by atoms with Crippen LogP contribution in [-0.2, 0) is 60.8 Å². The molecule has 0 aromatic heterocycles. The SMILES string of the molecule is CC(=O)Cc1ccc(NC(=O)NC(=O)C(CCCCN2C(=O)CC(C)C2=O)CC(=O)CCCC(=O)CC(CCCCN2C(=O)CC(C)C2=O)C(=O)NC(=O)Nc2ccc(CC(C)=O)cc2)cc1. The van der Waals surface area contributed by atoms with Crippen LogP contribution in [0.15, 0.2) is 48.5 Å². The lowest BCUT2D eigenvalue weighted by Crippen LogP contribution is -2.39. The smallest absolute Gasteiger partial charge is 0.308 e. The van der Waals surface area contributed by atoms with Gasteiger partial charge in [-0.1, -0.05) is 51.0 Å². The highest BCUT2D eigenvalue weighted by molar-refractivity contribution is 6.05. The lowest BCUT2D eigenvalue weighted by Gasteiger charge is -2.18. The molecule has 18 heteroatoms. The number of carbonyl (C=O) groups excluding carboxylic acids is 12. The molecule has 2 aromatic carbocycles. The molecule has 10 amide bonds. The fourth-order valence-corrected chi connectivity index (χ4v) is 8.12. The van der Waals surface area contributed by atoms with Crippen LogP contribution in [0.5, 0.6) is 0 Å². The van der Waals surface area contributed by atoms with Crippen LogP contribution >= 0.6 is 0 Å². The molecule has 4 unspecified atom stereocenters. The first kappa shape index (κ1) is 52.9. The Morgan fingerprint density at radius 3 is 1.21 bits per heavy atom. The van der Waals surface area contributed by atoms with Crippen molar-refractivity contribution < 1.29 is 57.5 Å². The van der Waals surface area contributed by atoms with E-state index in [0.717, 1.165) is 11.1 Å². The molecule has 2 aliphatic rings. The molecule has 18 nitrogen and oxygen atoms in total. The summed E-state index contributed by atoms with van der Waals surface area (Å²) in [6, 6.07) is 11.3. The van der Waals surface area contributed by atoms with E-state index in [2.05, 4.69) is 21.3 Å². The van der Waals surface area contributed by atoms with E-state index in [9.17, 15) is 57.5 Å². The average molecular weight is 927 g/mol. The maximum atomic E-state index is 13.4. The van der Waals surface area contributed by atoms with Crippen molar-refractivity contribution in [2.45, 2.75) is 124 Å². The van der Waals surface area contributed by atoms with E-state index >= 15 is 0 Å². The predicted molar refractivity (Wildman–Crippen MR) is 245 cm³/mol. The molecule has 0 saturated carbocycles. The second kappa shape index (κ2) is 25.8. The molecular weight excluding hydrogens is 865 g/mol. The Morgan fingerprint density at radius 2 is 0.896 bits per heavy atom. The van der Waals surface area contributed by atoms with Crippen LogP contribution < -0.4 is 21.3 Å². The molecule has 0 radical (unpaired) electrons. The highest BCUT2D eigenvalue weighted by Crippen LogP contribution is 2.24. The Labute approximate surface area is 390 Å². The number of unbranched alkanes of at least 4 members (excludes halogenated alkanes) is 2. The van der Waals surface area contributed by atoms with Crippen LogP contribution in [0.3, 0.4) is 0 Å². The van der Waals surface area contributed by atoms with E-state index in [4.69, 9.17) is 0 Å². The van der Waals surface area contributed by atoms with Crippen LogP contribution in [-0.4, -0.2) is 93.5 Å². The topological polar surface area (TPSA) is 259 Å². The zero-order chi connectivity index (χ0) is 49.2. The van der Waals surface area contributed by atoms with E-state index in [1.807, 2.05) is 0 Å². The van der Waals surface area contributed by atoms with Gasteiger partial charge in [0, 0.05) is 99.5 Å². The molecule has 4 N–H and O–H groups in total. The second-order valence-electron chi connectivity index (χ2n) is 17.7. The molecule has 67 heavy (non-hydrogen) atoms. The van der Waals surface area contributed by atoms with E-state index in [1.54, 1.807) is 62.4 Å². The standard InChI is InChI=1S/C49H62N6O12/c1-30-24-42(60)54(46(30)64)22-7-5-10-36(44(62)52-48(66)50-38-18-14-34(15-19-38)26-32(3)56)28-40(58)12-9-13-41(59)29-37(11-6-8-23-55-43(61)25-31(2)47(55)65)45(63)53-49(67)51-39-20-16-35(17-21-39)27-33(4)57/h14-21,30-31,36-37H,5-13,22-29H2,1-4H3,(H2,50,52,62,66)(H2,51,53,63,67). The number of Topliss-reactive ketones (excluding diaryl/α,β-unsaturated/α-hetero) is 4. The zero-order valence-electron chi connectivity index (χ0n) is 38.7. The van der Waals surface area contributed by atoms with Crippen LogP contribution in [0.2, 0.25) is 0 Å². The Bertz CT molecular complexity index is 2050. The van der Waals surface area contributed by atoms with Crippen molar-refractivity contribution in [2.75, 3.05) is 23.7 Å². The monoisotopic (exact) mass is 926 g/mol. The van der Waals surface area contributed by atoms with Gasteiger partial charge in [0.25, 0.3) is 0 Å². The number of anilines is 2. The summed E-state index contributed by atoms with van der Waals surface area (Å²) < 4.78 is 0. The first-order valence-corrected chi connectivity index (χ1v) is 22.9. The highest BCUT2D eigenvalue weighted by atomic mass is 16.2. The number of likely N-dealkylation sites (tertiary alicyclic amines) is 2. The number of carbonyl (C=O) groups is 12. The van der Waals surface area contributed by atoms with E-state index in [-0.39, 0.29) is 130 Å². The fraction of sp³-hybridized carbons (Fsp3) is 0.510. The van der Waals surface area contributed by atoms with Crippen molar-refractivity contribution in [1.29, 1.82) is 0 Å². The van der Waals surface area contributed by atoms with Crippen molar-refractivity contribution in [3.8, 4) is 0 Å². The summed E-state index contributed by atoms with van der Waals surface area (Å²) in [5.41, 5.74) is 2.22. The third-order valence-electron chi connectivity index (χ3n) is 11.7. The maximum Gasteiger partial charge on any atom is 0.325 e. The van der Waals surface area contributed by atoms with Gasteiger partial charge in [-0.2, -0.15) is 0 Å². The Morgan fingerprint density at radius 1 is 0.537 bits per heavy atom. The molecule has 360 valence electrons. The third-order valence-corrected chi connectivity index (χ3v) is 11.7. The van der Waals surface area contributed by atoms with Crippen molar-refractivity contribution in [3.05, 3.63) is 59.7 Å². The van der Waals surface area contributed by atoms with Crippen molar-refractivity contribution in [1.82, 2.24) is 20.4 Å². The summed E-state index contributed by atoms with van der Waals surface area (Å²) in [5.74, 6) is -5.98. The molecule has 0 spiro atoms. The molecule has 2 heterocycles. The Kier molecular flexibility index (Phi) is 20.4. The molecular formula is C49H62N6O12. The molecule has 2 fully saturated rings. The minimum Gasteiger partial charge on any atom is -0.308 e. The van der Waals surface area contributed by atoms with Gasteiger partial charge in [0.15, 0.2) is 0 Å². The number of urea groups is 2. The molecule has 4 rings (SSSR count). The van der Waals surface area contributed by atoms with Crippen molar-refractivity contribution in [3.63, 3.8) is 0 Å². The maximum absolute atomic E-state index is 13.4. The number of ketones is 4. The van der Waals surface area contributed by atoms with Gasteiger partial charge in [0.2, 0.25) is 35.4 Å². The second-order valence-corrected chi connectivity index (χ2v) is 17.7. The number of rotatable bonds is 26. The fourth-order valence-electron chi connectivity index (χ4n) is 8.12. The van der Waals surface area contributed by atoms with Crippen LogP contribution in [0.1, 0.15) is 122 Å². The number of nitrogens with zero attached hydrogens (tertiary/aromatic N) is 2. The summed E-state index contributed by atoms with van der Waals surface area (Å²) in [7, 11) is 0. The molecule has 2 aromatic rings. The van der Waals surface area contributed by atoms with Crippen molar-refractivity contribution in [2.24, 2.45) is 23.7 Å². The normalized spacial score (nSPS) is 16.7. The van der Waals surface area contributed by atoms with Gasteiger partial charge in [-0.25, -0.2) is 9.59 Å². The van der Waals surface area contributed by atoms with Crippen LogP contribution in [0, 0.1) is 23.7 Å². The summed E-state index contributed by atoms with van der Waals surface area (Å²) >= 11 is 0. The van der Waals surface area contributed by atoms with Crippen LogP contribution in [0.4, 0.5) is 21.0 Å². The molecule has 2 aliphatic heterocycles. The minimum atomic E-state index is -0.956. The summed E-state index contributed by atoms with van der Waals surface area (Å²) in [5, 5.41) is 9.70. The Hall–Kier alpha value is -6.72. The van der Waals surface area contributed by atoms with Crippen LogP contribution in [0.25, 0.3) is 0 Å². The summed E-state index contributed by atoms with van der Waals surface area (Å²) in [4.78, 5) is 154. The van der Waals surface area contributed by atoms with E-state index in [1.165, 1.54) is 23.6 Å². The number of hydrogen-bond donors (Lipinski definition) is 4. The number of nitrogens with one attached hydrogen (secondary N) is 4. The predicted octanol–water partition coefficient (Wildman–Crippen LogP) is 5.40.